The molecule has 0 saturated carbocycles. The standard InChI is InChI=1S/C18H17N3O2/c1-12-6-8-13(9-7-12)14-4-3-5-15(10-14)21(2)16-11-17(22)20-18(23)19-16/h3-11H,1-2H3,(H2,19,20,22,23). The molecule has 116 valence electrons. The molecule has 0 aliphatic rings. The zero-order valence-corrected chi connectivity index (χ0v) is 13.0. The number of hydrogen-bond donors (Lipinski definition) is 2. The fourth-order valence-corrected chi connectivity index (χ4v) is 2.42. The minimum atomic E-state index is -0.519. The molecule has 23 heavy (non-hydrogen) atoms. The Labute approximate surface area is 133 Å². The van der Waals surface area contributed by atoms with Gasteiger partial charge in [-0.25, -0.2) is 4.79 Å². The normalized spacial score (nSPS) is 10.5. The van der Waals surface area contributed by atoms with Gasteiger partial charge >= 0.3 is 5.69 Å². The second-order valence-corrected chi connectivity index (χ2v) is 5.45. The predicted octanol–water partition coefficient (Wildman–Crippen LogP) is 2.81. The maximum atomic E-state index is 11.5. The topological polar surface area (TPSA) is 69.0 Å². The highest BCUT2D eigenvalue weighted by molar-refractivity contribution is 5.71. The van der Waals surface area contributed by atoms with Crippen LogP contribution in [-0.2, 0) is 0 Å². The van der Waals surface area contributed by atoms with E-state index in [0.717, 1.165) is 16.8 Å². The number of benzene rings is 2. The highest BCUT2D eigenvalue weighted by atomic mass is 16.2. The van der Waals surface area contributed by atoms with E-state index in [9.17, 15) is 9.59 Å². The van der Waals surface area contributed by atoms with E-state index in [-0.39, 0.29) is 0 Å². The maximum absolute atomic E-state index is 11.5. The van der Waals surface area contributed by atoms with Gasteiger partial charge in [-0.3, -0.25) is 14.8 Å². The van der Waals surface area contributed by atoms with Gasteiger partial charge in [0.25, 0.3) is 5.56 Å². The van der Waals surface area contributed by atoms with Crippen LogP contribution >= 0.6 is 0 Å². The first-order valence-corrected chi connectivity index (χ1v) is 7.27. The summed E-state index contributed by atoms with van der Waals surface area (Å²) in [7, 11) is 1.80. The van der Waals surface area contributed by atoms with Gasteiger partial charge < -0.3 is 4.90 Å². The first kappa shape index (κ1) is 14.8. The maximum Gasteiger partial charge on any atom is 0.327 e. The highest BCUT2D eigenvalue weighted by Crippen LogP contribution is 2.27. The summed E-state index contributed by atoms with van der Waals surface area (Å²) >= 11 is 0. The number of anilines is 2. The molecule has 3 aromatic rings. The van der Waals surface area contributed by atoms with Crippen molar-refractivity contribution in [2.75, 3.05) is 11.9 Å². The van der Waals surface area contributed by atoms with Crippen molar-refractivity contribution in [3.63, 3.8) is 0 Å². The molecule has 2 N–H and O–H groups in total. The van der Waals surface area contributed by atoms with Crippen LogP contribution in [0.3, 0.4) is 0 Å². The lowest BCUT2D eigenvalue weighted by Gasteiger charge is -2.19. The zero-order chi connectivity index (χ0) is 16.4. The monoisotopic (exact) mass is 307 g/mol. The lowest BCUT2D eigenvalue weighted by molar-refractivity contribution is 0.999. The molecule has 5 nitrogen and oxygen atoms in total. The van der Waals surface area contributed by atoms with Gasteiger partial charge in [0, 0.05) is 18.8 Å². The summed E-state index contributed by atoms with van der Waals surface area (Å²) in [5.74, 6) is 0.444. The van der Waals surface area contributed by atoms with Gasteiger partial charge in [0.05, 0.1) is 0 Å². The predicted molar refractivity (Wildman–Crippen MR) is 92.4 cm³/mol. The molecule has 3 rings (SSSR count). The van der Waals surface area contributed by atoms with E-state index >= 15 is 0 Å². The fourth-order valence-electron chi connectivity index (χ4n) is 2.42. The lowest BCUT2D eigenvalue weighted by atomic mass is 10.0. The van der Waals surface area contributed by atoms with E-state index in [1.165, 1.54) is 11.6 Å². The molecule has 0 atom stereocenters. The quantitative estimate of drug-likeness (QED) is 0.782. The Balaban J connectivity index is 2.00. The van der Waals surface area contributed by atoms with Gasteiger partial charge in [0.1, 0.15) is 5.82 Å². The number of rotatable bonds is 3. The van der Waals surface area contributed by atoms with Crippen molar-refractivity contribution in [3.8, 4) is 11.1 Å². The summed E-state index contributed by atoms with van der Waals surface area (Å²) in [5.41, 5.74) is 3.33. The molecule has 2 aromatic carbocycles. The first-order valence-electron chi connectivity index (χ1n) is 7.27. The Kier molecular flexibility index (Phi) is 3.85. The summed E-state index contributed by atoms with van der Waals surface area (Å²) in [5, 5.41) is 0. The van der Waals surface area contributed by atoms with Gasteiger partial charge in [-0.05, 0) is 30.2 Å². The number of H-pyrrole nitrogens is 2. The summed E-state index contributed by atoms with van der Waals surface area (Å²) < 4.78 is 0. The Hall–Kier alpha value is -3.08. The first-order chi connectivity index (χ1) is 11.0. The minimum Gasteiger partial charge on any atom is -0.331 e. The number of aryl methyl sites for hydroxylation is 1. The lowest BCUT2D eigenvalue weighted by Crippen LogP contribution is -2.25. The van der Waals surface area contributed by atoms with Gasteiger partial charge in [0.15, 0.2) is 0 Å². The molecule has 0 amide bonds. The Morgan fingerprint density at radius 2 is 1.61 bits per heavy atom. The molecule has 1 aromatic heterocycles. The van der Waals surface area contributed by atoms with Gasteiger partial charge in [-0.1, -0.05) is 42.0 Å². The third-order valence-electron chi connectivity index (χ3n) is 3.73. The van der Waals surface area contributed by atoms with Crippen LogP contribution in [0.25, 0.3) is 11.1 Å². The number of hydrogen-bond acceptors (Lipinski definition) is 3. The van der Waals surface area contributed by atoms with Gasteiger partial charge in [-0.15, -0.1) is 0 Å². The summed E-state index contributed by atoms with van der Waals surface area (Å²) in [6.07, 6.45) is 0. The number of nitrogens with one attached hydrogen (secondary N) is 2. The third-order valence-corrected chi connectivity index (χ3v) is 3.73. The van der Waals surface area contributed by atoms with Crippen molar-refractivity contribution in [3.05, 3.63) is 81.0 Å². The van der Waals surface area contributed by atoms with Crippen LogP contribution in [0.15, 0.2) is 64.2 Å². The van der Waals surface area contributed by atoms with E-state index < -0.39 is 11.2 Å². The van der Waals surface area contributed by atoms with Gasteiger partial charge in [0.2, 0.25) is 0 Å². The number of nitrogens with zero attached hydrogens (tertiary/aromatic N) is 1. The van der Waals surface area contributed by atoms with Crippen molar-refractivity contribution in [2.45, 2.75) is 6.92 Å². The molecule has 0 unspecified atom stereocenters. The number of aromatic amines is 2. The second-order valence-electron chi connectivity index (χ2n) is 5.45. The van der Waals surface area contributed by atoms with E-state index in [4.69, 9.17) is 0 Å². The Morgan fingerprint density at radius 1 is 0.870 bits per heavy atom. The average Bonchev–Trinajstić information content (AvgIpc) is 2.54. The number of aromatic nitrogens is 2. The fraction of sp³-hybridized carbons (Fsp3) is 0.111. The molecule has 0 bridgehead atoms. The summed E-state index contributed by atoms with van der Waals surface area (Å²) in [4.78, 5) is 29.5. The van der Waals surface area contributed by atoms with Crippen molar-refractivity contribution in [1.29, 1.82) is 0 Å². The van der Waals surface area contributed by atoms with E-state index in [2.05, 4.69) is 41.2 Å². The zero-order valence-electron chi connectivity index (χ0n) is 13.0. The smallest absolute Gasteiger partial charge is 0.327 e. The van der Waals surface area contributed by atoms with Crippen molar-refractivity contribution in [1.82, 2.24) is 9.97 Å². The Morgan fingerprint density at radius 3 is 2.30 bits per heavy atom. The van der Waals surface area contributed by atoms with Crippen LogP contribution in [0.2, 0.25) is 0 Å². The molecule has 0 saturated heterocycles. The summed E-state index contributed by atoms with van der Waals surface area (Å²) in [6, 6.07) is 17.6. The Bertz CT molecular complexity index is 911. The van der Waals surface area contributed by atoms with Crippen LogP contribution in [0, 0.1) is 6.92 Å². The molecular weight excluding hydrogens is 290 g/mol. The molecule has 0 spiro atoms. The van der Waals surface area contributed by atoms with E-state index in [0.29, 0.717) is 5.82 Å². The molecular formula is C18H17N3O2. The average molecular weight is 307 g/mol. The second kappa shape index (κ2) is 5.96. The SMILES string of the molecule is Cc1ccc(-c2cccc(N(C)c3cc(=O)[nH]c(=O)[nH]3)c2)cc1. The summed E-state index contributed by atoms with van der Waals surface area (Å²) in [6.45, 7) is 2.05. The molecule has 5 heteroatoms. The minimum absolute atomic E-state index is 0.426. The van der Waals surface area contributed by atoms with Crippen LogP contribution in [-0.4, -0.2) is 17.0 Å². The van der Waals surface area contributed by atoms with Crippen molar-refractivity contribution >= 4 is 11.5 Å². The largest absolute Gasteiger partial charge is 0.331 e. The third kappa shape index (κ3) is 3.23. The van der Waals surface area contributed by atoms with Gasteiger partial charge in [-0.2, -0.15) is 0 Å². The highest BCUT2D eigenvalue weighted by Gasteiger charge is 2.07. The van der Waals surface area contributed by atoms with Crippen LogP contribution < -0.4 is 16.1 Å². The molecule has 0 fully saturated rings. The van der Waals surface area contributed by atoms with Crippen molar-refractivity contribution < 1.29 is 0 Å². The van der Waals surface area contributed by atoms with Crippen LogP contribution in [0.1, 0.15) is 5.56 Å². The van der Waals surface area contributed by atoms with Crippen molar-refractivity contribution in [2.24, 2.45) is 0 Å². The molecule has 0 aliphatic heterocycles. The molecule has 1 heterocycles. The van der Waals surface area contributed by atoms with E-state index in [1.807, 2.05) is 24.3 Å². The molecule has 0 aliphatic carbocycles. The molecule has 0 radical (unpaired) electrons. The van der Waals surface area contributed by atoms with Crippen LogP contribution in [0.5, 0.6) is 0 Å². The van der Waals surface area contributed by atoms with Crippen LogP contribution in [0.4, 0.5) is 11.5 Å². The van der Waals surface area contributed by atoms with E-state index in [1.54, 1.807) is 11.9 Å².